The van der Waals surface area contributed by atoms with Crippen molar-refractivity contribution >= 4 is 21.7 Å². The average Bonchev–Trinajstić information content (AvgIpc) is 2.60. The molecule has 0 aliphatic heterocycles. The molecule has 0 fully saturated rings. The van der Waals surface area contributed by atoms with Gasteiger partial charge in [0.15, 0.2) is 0 Å². The highest BCUT2D eigenvalue weighted by Gasteiger charge is 2.16. The number of methoxy groups -OCH3 is 2. The minimum absolute atomic E-state index is 0.150. The Hall–Kier alpha value is -2.54. The summed E-state index contributed by atoms with van der Waals surface area (Å²) >= 11 is 0. The first-order chi connectivity index (χ1) is 11.4. The second-order valence-corrected chi connectivity index (χ2v) is 6.68. The van der Waals surface area contributed by atoms with Gasteiger partial charge in [-0.1, -0.05) is 6.92 Å². The predicted octanol–water partition coefficient (Wildman–Crippen LogP) is 2.85. The van der Waals surface area contributed by atoms with Crippen LogP contribution in [0.4, 0.5) is 5.69 Å². The SMILES string of the molecule is CCc1cc(S(=O)(=O)Nc2ccc(C(=O)OC)cc2)ccc1OC. The zero-order chi connectivity index (χ0) is 17.7. The Morgan fingerprint density at radius 2 is 1.75 bits per heavy atom. The van der Waals surface area contributed by atoms with Crippen molar-refractivity contribution in [3.63, 3.8) is 0 Å². The largest absolute Gasteiger partial charge is 0.496 e. The number of rotatable bonds is 6. The van der Waals surface area contributed by atoms with Crippen LogP contribution in [0.2, 0.25) is 0 Å². The Bertz CT molecular complexity index is 829. The molecule has 0 bridgehead atoms. The molecule has 0 unspecified atom stereocenters. The Kier molecular flexibility index (Phi) is 5.46. The number of hydrogen-bond acceptors (Lipinski definition) is 5. The highest BCUT2D eigenvalue weighted by atomic mass is 32.2. The molecule has 0 aliphatic rings. The summed E-state index contributed by atoms with van der Waals surface area (Å²) in [5, 5.41) is 0. The number of sulfonamides is 1. The molecule has 6 nitrogen and oxygen atoms in total. The minimum atomic E-state index is -3.73. The monoisotopic (exact) mass is 349 g/mol. The fourth-order valence-corrected chi connectivity index (χ4v) is 3.31. The lowest BCUT2D eigenvalue weighted by Crippen LogP contribution is -2.13. The number of carbonyl (C=O) groups is 1. The standard InChI is InChI=1S/C17H19NO5S/c1-4-12-11-15(9-10-16(12)22-2)24(20,21)18-14-7-5-13(6-8-14)17(19)23-3/h5-11,18H,4H2,1-3H3. The van der Waals surface area contributed by atoms with Crippen LogP contribution in [0.25, 0.3) is 0 Å². The number of esters is 1. The molecule has 0 aliphatic carbocycles. The molecule has 0 saturated heterocycles. The second kappa shape index (κ2) is 7.35. The highest BCUT2D eigenvalue weighted by molar-refractivity contribution is 7.92. The number of benzene rings is 2. The van der Waals surface area contributed by atoms with Crippen molar-refractivity contribution < 1.29 is 22.7 Å². The Morgan fingerprint density at radius 3 is 2.29 bits per heavy atom. The van der Waals surface area contributed by atoms with Crippen molar-refractivity contribution in [1.82, 2.24) is 0 Å². The van der Waals surface area contributed by atoms with E-state index in [1.807, 2.05) is 6.92 Å². The van der Waals surface area contributed by atoms with Gasteiger partial charge in [0.05, 0.1) is 24.7 Å². The second-order valence-electron chi connectivity index (χ2n) is 5.00. The Morgan fingerprint density at radius 1 is 1.08 bits per heavy atom. The van der Waals surface area contributed by atoms with Crippen molar-refractivity contribution in [3.05, 3.63) is 53.6 Å². The molecule has 1 N–H and O–H groups in total. The third-order valence-electron chi connectivity index (χ3n) is 3.50. The zero-order valence-electron chi connectivity index (χ0n) is 13.7. The normalized spacial score (nSPS) is 11.0. The highest BCUT2D eigenvalue weighted by Crippen LogP contribution is 2.24. The fraction of sp³-hybridized carbons (Fsp3) is 0.235. The quantitative estimate of drug-likeness (QED) is 0.811. The number of nitrogens with one attached hydrogen (secondary N) is 1. The summed E-state index contributed by atoms with van der Waals surface area (Å²) < 4.78 is 37.3. The van der Waals surface area contributed by atoms with Gasteiger partial charge in [0.25, 0.3) is 10.0 Å². The van der Waals surface area contributed by atoms with E-state index in [1.54, 1.807) is 19.2 Å². The lowest BCUT2D eigenvalue weighted by molar-refractivity contribution is 0.0601. The molecule has 0 amide bonds. The lowest BCUT2D eigenvalue weighted by atomic mass is 10.1. The van der Waals surface area contributed by atoms with Gasteiger partial charge < -0.3 is 9.47 Å². The summed E-state index contributed by atoms with van der Waals surface area (Å²) in [6.45, 7) is 1.92. The summed E-state index contributed by atoms with van der Waals surface area (Å²) in [7, 11) is -0.900. The molecule has 7 heteroatoms. The summed E-state index contributed by atoms with van der Waals surface area (Å²) in [6, 6.07) is 10.7. The van der Waals surface area contributed by atoms with Crippen molar-refractivity contribution in [2.45, 2.75) is 18.2 Å². The van der Waals surface area contributed by atoms with Gasteiger partial charge in [0.2, 0.25) is 0 Å². The van der Waals surface area contributed by atoms with Crippen LogP contribution in [0, 0.1) is 0 Å². The van der Waals surface area contributed by atoms with Crippen LogP contribution in [0.1, 0.15) is 22.8 Å². The molecule has 0 heterocycles. The summed E-state index contributed by atoms with van der Waals surface area (Å²) in [5.74, 6) is 0.172. The van der Waals surface area contributed by atoms with Crippen molar-refractivity contribution in [2.75, 3.05) is 18.9 Å². The maximum atomic E-state index is 12.5. The van der Waals surface area contributed by atoms with Gasteiger partial charge in [0, 0.05) is 5.69 Å². The lowest BCUT2D eigenvalue weighted by Gasteiger charge is -2.12. The number of anilines is 1. The van der Waals surface area contributed by atoms with Gasteiger partial charge in [-0.05, 0) is 54.4 Å². The molecule has 2 aromatic carbocycles. The predicted molar refractivity (Wildman–Crippen MR) is 91.0 cm³/mol. The number of hydrogen-bond donors (Lipinski definition) is 1. The molecular weight excluding hydrogens is 330 g/mol. The van der Waals surface area contributed by atoms with E-state index >= 15 is 0 Å². The van der Waals surface area contributed by atoms with Crippen molar-refractivity contribution in [2.24, 2.45) is 0 Å². The summed E-state index contributed by atoms with van der Waals surface area (Å²) in [6.07, 6.45) is 0.653. The maximum Gasteiger partial charge on any atom is 0.337 e. The third-order valence-corrected chi connectivity index (χ3v) is 4.88. The first kappa shape index (κ1) is 17.8. The Balaban J connectivity index is 2.26. The molecule has 2 aromatic rings. The van der Waals surface area contributed by atoms with Gasteiger partial charge >= 0.3 is 5.97 Å². The van der Waals surface area contributed by atoms with Crippen LogP contribution in [-0.2, 0) is 21.2 Å². The van der Waals surface area contributed by atoms with E-state index in [2.05, 4.69) is 9.46 Å². The maximum absolute atomic E-state index is 12.5. The molecule has 2 rings (SSSR count). The van der Waals surface area contributed by atoms with Gasteiger partial charge in [-0.15, -0.1) is 0 Å². The molecule has 128 valence electrons. The molecule has 0 atom stereocenters. The topological polar surface area (TPSA) is 81.7 Å². The average molecular weight is 349 g/mol. The van der Waals surface area contributed by atoms with E-state index < -0.39 is 16.0 Å². The van der Waals surface area contributed by atoms with Crippen LogP contribution in [0.15, 0.2) is 47.4 Å². The van der Waals surface area contributed by atoms with Gasteiger partial charge in [-0.3, -0.25) is 4.72 Å². The van der Waals surface area contributed by atoms with Crippen LogP contribution in [-0.4, -0.2) is 28.6 Å². The van der Waals surface area contributed by atoms with E-state index in [-0.39, 0.29) is 4.90 Å². The first-order valence-corrected chi connectivity index (χ1v) is 8.77. The van der Waals surface area contributed by atoms with Crippen molar-refractivity contribution in [1.29, 1.82) is 0 Å². The van der Waals surface area contributed by atoms with E-state index in [4.69, 9.17) is 4.74 Å². The van der Waals surface area contributed by atoms with Crippen molar-refractivity contribution in [3.8, 4) is 5.75 Å². The number of aryl methyl sites for hydroxylation is 1. The van der Waals surface area contributed by atoms with E-state index in [0.717, 1.165) is 5.56 Å². The molecular formula is C17H19NO5S. The number of carbonyl (C=O) groups excluding carboxylic acids is 1. The molecule has 0 saturated carbocycles. The smallest absolute Gasteiger partial charge is 0.337 e. The van der Waals surface area contributed by atoms with Gasteiger partial charge in [0.1, 0.15) is 5.75 Å². The van der Waals surface area contributed by atoms with E-state index in [1.165, 1.54) is 37.4 Å². The Labute approximate surface area is 141 Å². The molecule has 0 spiro atoms. The third kappa shape index (κ3) is 3.86. The van der Waals surface area contributed by atoms with E-state index in [0.29, 0.717) is 23.4 Å². The van der Waals surface area contributed by atoms with Crippen LogP contribution >= 0.6 is 0 Å². The first-order valence-electron chi connectivity index (χ1n) is 7.29. The zero-order valence-corrected chi connectivity index (χ0v) is 14.5. The molecule has 0 radical (unpaired) electrons. The van der Waals surface area contributed by atoms with E-state index in [9.17, 15) is 13.2 Å². The summed E-state index contributed by atoms with van der Waals surface area (Å²) in [4.78, 5) is 11.5. The minimum Gasteiger partial charge on any atom is -0.496 e. The van der Waals surface area contributed by atoms with Crippen LogP contribution in [0.5, 0.6) is 5.75 Å². The fourth-order valence-electron chi connectivity index (χ4n) is 2.20. The van der Waals surface area contributed by atoms with Gasteiger partial charge in [-0.25, -0.2) is 13.2 Å². The molecule has 0 aromatic heterocycles. The number of ether oxygens (including phenoxy) is 2. The van der Waals surface area contributed by atoms with Crippen LogP contribution in [0.3, 0.4) is 0 Å². The summed E-state index contributed by atoms with van der Waals surface area (Å²) in [5.41, 5.74) is 1.51. The van der Waals surface area contributed by atoms with Crippen LogP contribution < -0.4 is 9.46 Å². The van der Waals surface area contributed by atoms with Gasteiger partial charge in [-0.2, -0.15) is 0 Å². The molecule has 24 heavy (non-hydrogen) atoms.